The maximum absolute atomic E-state index is 12.4. The summed E-state index contributed by atoms with van der Waals surface area (Å²) in [7, 11) is 0. The lowest BCUT2D eigenvalue weighted by molar-refractivity contribution is 0.0954. The number of nitrogens with one attached hydrogen (secondary N) is 1. The lowest BCUT2D eigenvalue weighted by atomic mass is 10.1. The quantitative estimate of drug-likeness (QED) is 0.269. The SMILES string of the molecule is Cc1c(/C=N\NC(=O)c2ccccc2Br)c2ccccc2n1Cc1ccc(Cl)cc1. The Morgan fingerprint density at radius 1 is 1.07 bits per heavy atom. The number of halogens is 2. The van der Waals surface area contributed by atoms with Crippen LogP contribution in [0.5, 0.6) is 0 Å². The van der Waals surface area contributed by atoms with Crippen LogP contribution < -0.4 is 5.43 Å². The molecule has 0 spiro atoms. The van der Waals surface area contributed by atoms with Crippen LogP contribution in [0.15, 0.2) is 82.4 Å². The van der Waals surface area contributed by atoms with Gasteiger partial charge in [0.15, 0.2) is 0 Å². The molecular formula is C24H19BrClN3O. The minimum absolute atomic E-state index is 0.263. The standard InChI is InChI=1S/C24H19BrClN3O/c1-16-21(14-27-28-24(30)20-7-2-4-8-22(20)25)19-6-3-5-9-23(19)29(16)15-17-10-12-18(26)13-11-17/h2-14H,15H2,1H3,(H,28,30)/b27-14-. The van der Waals surface area contributed by atoms with Gasteiger partial charge in [-0.1, -0.05) is 54.1 Å². The minimum Gasteiger partial charge on any atom is -0.340 e. The van der Waals surface area contributed by atoms with Gasteiger partial charge in [-0.25, -0.2) is 5.43 Å². The highest BCUT2D eigenvalue weighted by Gasteiger charge is 2.13. The average molecular weight is 481 g/mol. The third-order valence-electron chi connectivity index (χ3n) is 5.01. The van der Waals surface area contributed by atoms with Crippen molar-refractivity contribution in [2.24, 2.45) is 5.10 Å². The maximum atomic E-state index is 12.4. The Balaban J connectivity index is 1.63. The van der Waals surface area contributed by atoms with E-state index < -0.39 is 0 Å². The van der Waals surface area contributed by atoms with Crippen LogP contribution in [0.3, 0.4) is 0 Å². The molecule has 1 amide bonds. The Kier molecular flexibility index (Phi) is 6.02. The number of hydrazone groups is 1. The Morgan fingerprint density at radius 3 is 2.53 bits per heavy atom. The number of hydrogen-bond acceptors (Lipinski definition) is 2. The molecule has 0 aliphatic heterocycles. The minimum atomic E-state index is -0.263. The van der Waals surface area contributed by atoms with E-state index in [0.717, 1.165) is 43.8 Å². The number of carbonyl (C=O) groups excluding carboxylic acids is 1. The van der Waals surface area contributed by atoms with Crippen molar-refractivity contribution in [1.82, 2.24) is 9.99 Å². The number of fused-ring (bicyclic) bond motifs is 1. The van der Waals surface area contributed by atoms with Gasteiger partial charge in [-0.2, -0.15) is 5.10 Å². The van der Waals surface area contributed by atoms with Crippen molar-refractivity contribution in [3.8, 4) is 0 Å². The molecule has 0 bridgehead atoms. The van der Waals surface area contributed by atoms with E-state index in [-0.39, 0.29) is 5.91 Å². The zero-order valence-electron chi connectivity index (χ0n) is 16.3. The molecule has 0 saturated carbocycles. The van der Waals surface area contributed by atoms with E-state index in [4.69, 9.17) is 11.6 Å². The summed E-state index contributed by atoms with van der Waals surface area (Å²) in [6.07, 6.45) is 1.71. The van der Waals surface area contributed by atoms with Crippen molar-refractivity contribution in [2.75, 3.05) is 0 Å². The first kappa shape index (κ1) is 20.4. The van der Waals surface area contributed by atoms with Gasteiger partial charge < -0.3 is 4.57 Å². The van der Waals surface area contributed by atoms with Gasteiger partial charge in [-0.3, -0.25) is 4.79 Å². The van der Waals surface area contributed by atoms with Crippen molar-refractivity contribution >= 4 is 50.6 Å². The zero-order valence-corrected chi connectivity index (χ0v) is 18.6. The predicted octanol–water partition coefficient (Wildman–Crippen LogP) is 6.18. The van der Waals surface area contributed by atoms with Gasteiger partial charge in [0, 0.05) is 38.2 Å². The van der Waals surface area contributed by atoms with Gasteiger partial charge in [0.1, 0.15) is 0 Å². The number of rotatable bonds is 5. The van der Waals surface area contributed by atoms with Gasteiger partial charge in [-0.15, -0.1) is 0 Å². The van der Waals surface area contributed by atoms with Gasteiger partial charge in [0.2, 0.25) is 0 Å². The Hall–Kier alpha value is -2.89. The van der Waals surface area contributed by atoms with E-state index in [1.54, 1.807) is 12.3 Å². The summed E-state index contributed by atoms with van der Waals surface area (Å²) in [6.45, 7) is 2.79. The fourth-order valence-corrected chi connectivity index (χ4v) is 4.05. The molecule has 0 fully saturated rings. The Morgan fingerprint density at radius 2 is 1.77 bits per heavy atom. The van der Waals surface area contributed by atoms with Crippen LogP contribution >= 0.6 is 27.5 Å². The summed E-state index contributed by atoms with van der Waals surface area (Å²) < 4.78 is 2.98. The van der Waals surface area contributed by atoms with Crippen molar-refractivity contribution in [1.29, 1.82) is 0 Å². The van der Waals surface area contributed by atoms with Gasteiger partial charge in [0.05, 0.1) is 11.8 Å². The molecule has 0 saturated heterocycles. The third-order valence-corrected chi connectivity index (χ3v) is 5.96. The zero-order chi connectivity index (χ0) is 21.1. The summed E-state index contributed by atoms with van der Waals surface area (Å²) in [5.74, 6) is -0.263. The number of amides is 1. The van der Waals surface area contributed by atoms with Crippen LogP contribution in [0.4, 0.5) is 0 Å². The van der Waals surface area contributed by atoms with Crippen molar-refractivity contribution in [2.45, 2.75) is 13.5 Å². The maximum Gasteiger partial charge on any atom is 0.272 e. The van der Waals surface area contributed by atoms with Crippen molar-refractivity contribution in [3.05, 3.63) is 105 Å². The lowest BCUT2D eigenvalue weighted by Gasteiger charge is -2.09. The first-order chi connectivity index (χ1) is 14.5. The molecule has 150 valence electrons. The van der Waals surface area contributed by atoms with Gasteiger partial charge >= 0.3 is 0 Å². The smallest absolute Gasteiger partial charge is 0.272 e. The van der Waals surface area contributed by atoms with Gasteiger partial charge in [0.25, 0.3) is 5.91 Å². The van der Waals surface area contributed by atoms with E-state index in [1.165, 1.54) is 0 Å². The number of carbonyl (C=O) groups is 1. The first-order valence-corrected chi connectivity index (χ1v) is 10.6. The molecule has 0 unspecified atom stereocenters. The number of para-hydroxylation sites is 1. The predicted molar refractivity (Wildman–Crippen MR) is 126 cm³/mol. The summed E-state index contributed by atoms with van der Waals surface area (Å²) in [5.41, 5.74) is 7.49. The van der Waals surface area contributed by atoms with Crippen LogP contribution in [0.1, 0.15) is 27.2 Å². The summed E-state index contributed by atoms with van der Waals surface area (Å²) >= 11 is 9.41. The second kappa shape index (κ2) is 8.86. The third kappa shape index (κ3) is 4.18. The lowest BCUT2D eigenvalue weighted by Crippen LogP contribution is -2.18. The Labute approximate surface area is 188 Å². The van der Waals surface area contributed by atoms with Crippen molar-refractivity contribution in [3.63, 3.8) is 0 Å². The molecule has 4 aromatic rings. The summed E-state index contributed by atoms with van der Waals surface area (Å²) in [6, 6.07) is 23.3. The molecule has 3 aromatic carbocycles. The van der Waals surface area contributed by atoms with Crippen LogP contribution in [0.25, 0.3) is 10.9 Å². The van der Waals surface area contributed by atoms with E-state index in [1.807, 2.05) is 54.6 Å². The molecule has 4 nitrogen and oxygen atoms in total. The molecule has 1 aromatic heterocycles. The van der Waals surface area contributed by atoms with Crippen molar-refractivity contribution < 1.29 is 4.79 Å². The number of nitrogens with zero attached hydrogens (tertiary/aromatic N) is 2. The number of hydrogen-bond donors (Lipinski definition) is 1. The van der Waals surface area contributed by atoms with Crippen LogP contribution in [-0.2, 0) is 6.54 Å². The van der Waals surface area contributed by atoms with Crippen LogP contribution in [-0.4, -0.2) is 16.7 Å². The highest BCUT2D eigenvalue weighted by atomic mass is 79.9. The molecule has 0 aliphatic carbocycles. The van der Waals surface area contributed by atoms with Gasteiger partial charge in [-0.05, 0) is 58.7 Å². The molecule has 1 heterocycles. The first-order valence-electron chi connectivity index (χ1n) is 9.45. The number of benzene rings is 3. The van der Waals surface area contributed by atoms with Crippen LogP contribution in [0.2, 0.25) is 5.02 Å². The molecule has 30 heavy (non-hydrogen) atoms. The molecule has 0 radical (unpaired) electrons. The second-order valence-electron chi connectivity index (χ2n) is 6.91. The number of aromatic nitrogens is 1. The van der Waals surface area contributed by atoms with E-state index in [2.05, 4.69) is 50.1 Å². The average Bonchev–Trinajstić information content (AvgIpc) is 3.01. The fourth-order valence-electron chi connectivity index (χ4n) is 3.46. The molecule has 0 atom stereocenters. The highest BCUT2D eigenvalue weighted by Crippen LogP contribution is 2.26. The van der Waals surface area contributed by atoms with E-state index in [0.29, 0.717) is 5.56 Å². The van der Waals surface area contributed by atoms with E-state index >= 15 is 0 Å². The normalized spacial score (nSPS) is 11.3. The van der Waals surface area contributed by atoms with Crippen LogP contribution in [0, 0.1) is 6.92 Å². The topological polar surface area (TPSA) is 46.4 Å². The fraction of sp³-hybridized carbons (Fsp3) is 0.0833. The summed E-state index contributed by atoms with van der Waals surface area (Å²) in [5, 5.41) is 6.04. The summed E-state index contributed by atoms with van der Waals surface area (Å²) in [4.78, 5) is 12.4. The molecule has 4 rings (SSSR count). The second-order valence-corrected chi connectivity index (χ2v) is 8.20. The monoisotopic (exact) mass is 479 g/mol. The largest absolute Gasteiger partial charge is 0.340 e. The van der Waals surface area contributed by atoms with E-state index in [9.17, 15) is 4.79 Å². The Bertz CT molecular complexity index is 1250. The molecular weight excluding hydrogens is 462 g/mol. The highest BCUT2D eigenvalue weighted by molar-refractivity contribution is 9.10. The molecule has 6 heteroatoms. The molecule has 1 N–H and O–H groups in total. The molecule has 0 aliphatic rings.